The molecule has 4 rings (SSSR count). The summed E-state index contributed by atoms with van der Waals surface area (Å²) in [4.78, 5) is 17.8. The molecule has 28 heavy (non-hydrogen) atoms. The molecule has 0 bridgehead atoms. The molecule has 0 radical (unpaired) electrons. The van der Waals surface area contributed by atoms with Crippen molar-refractivity contribution in [3.05, 3.63) is 83.8 Å². The van der Waals surface area contributed by atoms with Gasteiger partial charge in [-0.1, -0.05) is 42.5 Å². The van der Waals surface area contributed by atoms with Gasteiger partial charge in [-0.25, -0.2) is 4.39 Å². The van der Waals surface area contributed by atoms with Crippen LogP contribution in [0.1, 0.15) is 28.9 Å². The Kier molecular flexibility index (Phi) is 5.01. The molecule has 2 N–H and O–H groups in total. The summed E-state index contributed by atoms with van der Waals surface area (Å²) in [5, 5.41) is 10.9. The lowest BCUT2D eigenvalue weighted by Crippen LogP contribution is -2.47. The minimum atomic E-state index is -0.907. The molecule has 1 amide bonds. The number of likely N-dealkylation sites (tertiary alicyclic amines) is 1. The van der Waals surface area contributed by atoms with Crippen molar-refractivity contribution in [1.29, 1.82) is 0 Å². The number of carbonyl (C=O) groups excluding carboxylic acids is 1. The van der Waals surface area contributed by atoms with Crippen LogP contribution in [0.4, 0.5) is 4.39 Å². The number of rotatable bonds is 4. The van der Waals surface area contributed by atoms with E-state index in [1.54, 1.807) is 17.0 Å². The van der Waals surface area contributed by atoms with Gasteiger partial charge < -0.3 is 15.0 Å². The Morgan fingerprint density at radius 3 is 2.50 bits per heavy atom. The van der Waals surface area contributed by atoms with E-state index in [1.165, 1.54) is 12.1 Å². The smallest absolute Gasteiger partial charge is 0.270 e. The molecule has 1 aliphatic heterocycles. The van der Waals surface area contributed by atoms with Crippen LogP contribution in [0, 0.1) is 5.82 Å². The summed E-state index contributed by atoms with van der Waals surface area (Å²) in [5.41, 5.74) is 2.36. The highest BCUT2D eigenvalue weighted by Gasteiger charge is 2.34. The lowest BCUT2D eigenvalue weighted by atomic mass is 9.85. The van der Waals surface area contributed by atoms with Gasteiger partial charge >= 0.3 is 0 Å². The highest BCUT2D eigenvalue weighted by atomic mass is 19.1. The number of H-pyrrole nitrogens is 1. The molecular formula is C23H23FN2O2. The third kappa shape index (κ3) is 3.99. The van der Waals surface area contributed by atoms with Gasteiger partial charge in [0.2, 0.25) is 0 Å². The average Bonchev–Trinajstić information content (AvgIpc) is 3.19. The first kappa shape index (κ1) is 18.4. The first-order chi connectivity index (χ1) is 13.5. The standard InChI is InChI=1S/C23H23FN2O2/c24-19-8-4-5-17(15-19)16-23(28)11-13-26(14-12-23)22(27)21-10-9-20(25-21)18-6-2-1-3-7-18/h1-10,15,25,28H,11-14,16H2. The van der Waals surface area contributed by atoms with Crippen LogP contribution < -0.4 is 0 Å². The largest absolute Gasteiger partial charge is 0.389 e. The molecule has 0 spiro atoms. The molecule has 3 aromatic rings. The van der Waals surface area contributed by atoms with Gasteiger partial charge in [0.25, 0.3) is 5.91 Å². The number of halogens is 1. The first-order valence-corrected chi connectivity index (χ1v) is 9.53. The Balaban J connectivity index is 1.39. The van der Waals surface area contributed by atoms with Crippen molar-refractivity contribution in [3.63, 3.8) is 0 Å². The van der Waals surface area contributed by atoms with Crippen molar-refractivity contribution in [2.24, 2.45) is 0 Å². The number of aliphatic hydroxyl groups is 1. The van der Waals surface area contributed by atoms with Gasteiger partial charge in [0.15, 0.2) is 0 Å². The summed E-state index contributed by atoms with van der Waals surface area (Å²) in [7, 11) is 0. The Bertz CT molecular complexity index is 959. The van der Waals surface area contributed by atoms with E-state index in [9.17, 15) is 14.3 Å². The van der Waals surface area contributed by atoms with Crippen molar-refractivity contribution < 1.29 is 14.3 Å². The molecule has 1 aromatic heterocycles. The van der Waals surface area contributed by atoms with Gasteiger partial charge in [-0.05, 0) is 48.2 Å². The summed E-state index contributed by atoms with van der Waals surface area (Å²) < 4.78 is 13.4. The van der Waals surface area contributed by atoms with Crippen LogP contribution in [0.15, 0.2) is 66.7 Å². The Morgan fingerprint density at radius 2 is 1.79 bits per heavy atom. The van der Waals surface area contributed by atoms with Crippen LogP contribution in [0.25, 0.3) is 11.3 Å². The molecule has 1 aliphatic rings. The topological polar surface area (TPSA) is 56.3 Å². The average molecular weight is 378 g/mol. The summed E-state index contributed by atoms with van der Waals surface area (Å²) in [6.07, 6.45) is 1.34. The van der Waals surface area contributed by atoms with E-state index in [0.29, 0.717) is 38.0 Å². The van der Waals surface area contributed by atoms with Gasteiger partial charge in [0, 0.05) is 25.2 Å². The fourth-order valence-electron chi connectivity index (χ4n) is 3.81. The second-order valence-electron chi connectivity index (χ2n) is 7.47. The highest BCUT2D eigenvalue weighted by molar-refractivity contribution is 5.93. The maximum atomic E-state index is 13.4. The van der Waals surface area contributed by atoms with Crippen molar-refractivity contribution in [2.45, 2.75) is 24.9 Å². The van der Waals surface area contributed by atoms with Crippen molar-refractivity contribution in [2.75, 3.05) is 13.1 Å². The molecule has 0 atom stereocenters. The summed E-state index contributed by atoms with van der Waals surface area (Å²) in [5.74, 6) is -0.357. The van der Waals surface area contributed by atoms with Crippen molar-refractivity contribution in [3.8, 4) is 11.3 Å². The molecule has 4 nitrogen and oxygen atoms in total. The fraction of sp³-hybridized carbons (Fsp3) is 0.261. The summed E-state index contributed by atoms with van der Waals surface area (Å²) >= 11 is 0. The maximum Gasteiger partial charge on any atom is 0.270 e. The van der Waals surface area contributed by atoms with Crippen LogP contribution in [0.3, 0.4) is 0 Å². The number of hydrogen-bond donors (Lipinski definition) is 2. The summed E-state index contributed by atoms with van der Waals surface area (Å²) in [6.45, 7) is 0.953. The van der Waals surface area contributed by atoms with Crippen LogP contribution >= 0.6 is 0 Å². The predicted octanol–water partition coefficient (Wildman–Crippen LogP) is 4.03. The monoisotopic (exact) mass is 378 g/mol. The lowest BCUT2D eigenvalue weighted by Gasteiger charge is -2.38. The summed E-state index contributed by atoms with van der Waals surface area (Å²) in [6, 6.07) is 19.9. The van der Waals surface area contributed by atoms with Crippen molar-refractivity contribution in [1.82, 2.24) is 9.88 Å². The van der Waals surface area contributed by atoms with E-state index in [0.717, 1.165) is 16.8 Å². The van der Waals surface area contributed by atoms with Gasteiger partial charge in [0.1, 0.15) is 11.5 Å². The Hall–Kier alpha value is -2.92. The van der Waals surface area contributed by atoms with E-state index in [-0.39, 0.29) is 11.7 Å². The molecular weight excluding hydrogens is 355 g/mol. The molecule has 1 saturated heterocycles. The number of benzene rings is 2. The minimum absolute atomic E-state index is 0.0602. The zero-order valence-corrected chi connectivity index (χ0v) is 15.6. The zero-order valence-electron chi connectivity index (χ0n) is 15.6. The van der Waals surface area contributed by atoms with Gasteiger partial charge in [-0.2, -0.15) is 0 Å². The lowest BCUT2D eigenvalue weighted by molar-refractivity contribution is -0.0163. The number of hydrogen-bond acceptors (Lipinski definition) is 2. The second-order valence-corrected chi connectivity index (χ2v) is 7.47. The van der Waals surface area contributed by atoms with Crippen LogP contribution in [-0.4, -0.2) is 39.6 Å². The number of nitrogens with one attached hydrogen (secondary N) is 1. The van der Waals surface area contributed by atoms with E-state index < -0.39 is 5.60 Å². The highest BCUT2D eigenvalue weighted by Crippen LogP contribution is 2.28. The number of nitrogens with zero attached hydrogens (tertiary/aromatic N) is 1. The van der Waals surface area contributed by atoms with Gasteiger partial charge in [-0.15, -0.1) is 0 Å². The molecule has 0 saturated carbocycles. The SMILES string of the molecule is O=C(c1ccc(-c2ccccc2)[nH]1)N1CCC(O)(Cc2cccc(F)c2)CC1. The molecule has 1 fully saturated rings. The van der Waals surface area contributed by atoms with Gasteiger partial charge in [-0.3, -0.25) is 4.79 Å². The Morgan fingerprint density at radius 1 is 1.04 bits per heavy atom. The van der Waals surface area contributed by atoms with E-state index in [2.05, 4.69) is 4.98 Å². The van der Waals surface area contributed by atoms with Crippen LogP contribution in [0.2, 0.25) is 0 Å². The number of carbonyl (C=O) groups is 1. The first-order valence-electron chi connectivity index (χ1n) is 9.53. The fourth-order valence-corrected chi connectivity index (χ4v) is 3.81. The zero-order chi connectivity index (χ0) is 19.6. The van der Waals surface area contributed by atoms with Crippen molar-refractivity contribution >= 4 is 5.91 Å². The number of aromatic amines is 1. The van der Waals surface area contributed by atoms with E-state index in [4.69, 9.17) is 0 Å². The quantitative estimate of drug-likeness (QED) is 0.720. The minimum Gasteiger partial charge on any atom is -0.389 e. The number of aromatic nitrogens is 1. The third-order valence-corrected chi connectivity index (χ3v) is 5.40. The molecule has 2 aromatic carbocycles. The van der Waals surface area contributed by atoms with Crippen LogP contribution in [-0.2, 0) is 6.42 Å². The van der Waals surface area contributed by atoms with Crippen LogP contribution in [0.5, 0.6) is 0 Å². The maximum absolute atomic E-state index is 13.4. The second kappa shape index (κ2) is 7.60. The number of piperidine rings is 1. The molecule has 0 unspecified atom stereocenters. The molecule has 2 heterocycles. The van der Waals surface area contributed by atoms with Gasteiger partial charge in [0.05, 0.1) is 5.60 Å². The number of amides is 1. The molecule has 144 valence electrons. The molecule has 0 aliphatic carbocycles. The third-order valence-electron chi connectivity index (χ3n) is 5.40. The normalized spacial score (nSPS) is 16.1. The predicted molar refractivity (Wildman–Crippen MR) is 106 cm³/mol. The Labute approximate surface area is 163 Å². The molecule has 5 heteroatoms. The van der Waals surface area contributed by atoms with E-state index >= 15 is 0 Å². The van der Waals surface area contributed by atoms with E-state index in [1.807, 2.05) is 42.5 Å².